The molecule has 1 amide bonds. The molecule has 20 heavy (non-hydrogen) atoms. The van der Waals surface area contributed by atoms with Crippen LogP contribution >= 0.6 is 0 Å². The number of amides is 1. The van der Waals surface area contributed by atoms with Crippen molar-refractivity contribution in [3.05, 3.63) is 23.7 Å². The minimum atomic E-state index is -0.119. The molecule has 0 aliphatic heterocycles. The Kier molecular flexibility index (Phi) is 6.08. The largest absolute Gasteiger partial charge is 0.467 e. The zero-order valence-corrected chi connectivity index (χ0v) is 11.9. The zero-order chi connectivity index (χ0) is 14.2. The van der Waals surface area contributed by atoms with Crippen LogP contribution in [0.3, 0.4) is 0 Å². The monoisotopic (exact) mass is 280 g/mol. The molecule has 1 aromatic rings. The summed E-state index contributed by atoms with van der Waals surface area (Å²) >= 11 is 0. The van der Waals surface area contributed by atoms with Crippen LogP contribution < -0.4 is 11.1 Å². The van der Waals surface area contributed by atoms with Gasteiger partial charge in [-0.2, -0.15) is 0 Å². The van der Waals surface area contributed by atoms with E-state index in [0.29, 0.717) is 37.1 Å². The van der Waals surface area contributed by atoms with Gasteiger partial charge in [0.05, 0.1) is 18.2 Å². The van der Waals surface area contributed by atoms with Gasteiger partial charge >= 0.3 is 0 Å². The Morgan fingerprint density at radius 2 is 2.20 bits per heavy atom. The quantitative estimate of drug-likeness (QED) is 0.751. The molecule has 1 aromatic heterocycles. The van der Waals surface area contributed by atoms with Crippen molar-refractivity contribution in [2.24, 2.45) is 5.73 Å². The molecule has 1 aliphatic rings. The Hall–Kier alpha value is -1.33. The van der Waals surface area contributed by atoms with E-state index in [2.05, 4.69) is 5.32 Å². The average molecular weight is 280 g/mol. The number of rotatable bonds is 7. The highest BCUT2D eigenvalue weighted by molar-refractivity contribution is 5.93. The predicted octanol–water partition coefficient (Wildman–Crippen LogP) is 2.21. The van der Waals surface area contributed by atoms with Crippen molar-refractivity contribution in [2.75, 3.05) is 13.2 Å². The standard InChI is InChI=1S/C15H24N2O3/c16-10-14-9-12(11-20-14)15(18)17-7-4-8-19-13-5-2-1-3-6-13/h9,11,13H,1-8,10,16H2,(H,17,18). The Balaban J connectivity index is 1.57. The highest BCUT2D eigenvalue weighted by Crippen LogP contribution is 2.20. The first kappa shape index (κ1) is 15.1. The van der Waals surface area contributed by atoms with Crippen LogP contribution in [0.2, 0.25) is 0 Å². The minimum Gasteiger partial charge on any atom is -0.467 e. The van der Waals surface area contributed by atoms with E-state index in [1.54, 1.807) is 6.07 Å². The SMILES string of the molecule is NCc1cc(C(=O)NCCCOC2CCCCC2)co1. The molecule has 3 N–H and O–H groups in total. The van der Waals surface area contributed by atoms with Crippen LogP contribution in [0.15, 0.2) is 16.7 Å². The van der Waals surface area contributed by atoms with Gasteiger partial charge in [0, 0.05) is 13.2 Å². The molecule has 0 aromatic carbocycles. The fraction of sp³-hybridized carbons (Fsp3) is 0.667. The third kappa shape index (κ3) is 4.65. The normalized spacial score (nSPS) is 16.2. The first-order valence-corrected chi connectivity index (χ1v) is 7.47. The van der Waals surface area contributed by atoms with Crippen LogP contribution in [0.25, 0.3) is 0 Å². The van der Waals surface area contributed by atoms with Crippen LogP contribution in [0.1, 0.15) is 54.6 Å². The van der Waals surface area contributed by atoms with Gasteiger partial charge in [-0.25, -0.2) is 0 Å². The summed E-state index contributed by atoms with van der Waals surface area (Å²) in [6.07, 6.45) is 8.98. The van der Waals surface area contributed by atoms with Gasteiger partial charge in [0.1, 0.15) is 12.0 Å². The fourth-order valence-electron chi connectivity index (χ4n) is 2.46. The van der Waals surface area contributed by atoms with Crippen LogP contribution in [0.4, 0.5) is 0 Å². The van der Waals surface area contributed by atoms with Gasteiger partial charge in [-0.05, 0) is 25.3 Å². The maximum absolute atomic E-state index is 11.8. The Bertz CT molecular complexity index is 411. The summed E-state index contributed by atoms with van der Waals surface area (Å²) in [6.45, 7) is 1.64. The van der Waals surface area contributed by atoms with E-state index in [0.717, 1.165) is 6.42 Å². The lowest BCUT2D eigenvalue weighted by molar-refractivity contribution is 0.0273. The molecule has 112 valence electrons. The number of hydrogen-bond donors (Lipinski definition) is 2. The van der Waals surface area contributed by atoms with E-state index in [9.17, 15) is 4.79 Å². The van der Waals surface area contributed by atoms with Crippen molar-refractivity contribution < 1.29 is 13.9 Å². The van der Waals surface area contributed by atoms with Gasteiger partial charge in [-0.1, -0.05) is 19.3 Å². The molecule has 2 rings (SSSR count). The molecular formula is C15H24N2O3. The zero-order valence-electron chi connectivity index (χ0n) is 11.9. The molecular weight excluding hydrogens is 256 g/mol. The molecule has 1 aliphatic carbocycles. The lowest BCUT2D eigenvalue weighted by Gasteiger charge is -2.21. The summed E-state index contributed by atoms with van der Waals surface area (Å²) in [5, 5.41) is 2.85. The van der Waals surface area contributed by atoms with E-state index in [4.69, 9.17) is 14.9 Å². The van der Waals surface area contributed by atoms with E-state index in [-0.39, 0.29) is 5.91 Å². The lowest BCUT2D eigenvalue weighted by atomic mass is 9.98. The number of carbonyl (C=O) groups excluding carboxylic acids is 1. The Labute approximate surface area is 119 Å². The molecule has 0 saturated heterocycles. The van der Waals surface area contributed by atoms with Gasteiger partial charge < -0.3 is 20.2 Å². The first-order valence-electron chi connectivity index (χ1n) is 7.47. The number of nitrogens with two attached hydrogens (primary N) is 1. The Morgan fingerprint density at radius 1 is 1.40 bits per heavy atom. The van der Waals surface area contributed by atoms with Crippen LogP contribution in [0, 0.1) is 0 Å². The topological polar surface area (TPSA) is 77.5 Å². The summed E-state index contributed by atoms with van der Waals surface area (Å²) in [5.74, 6) is 0.502. The van der Waals surface area contributed by atoms with Crippen molar-refractivity contribution in [1.29, 1.82) is 0 Å². The van der Waals surface area contributed by atoms with Crippen LogP contribution in [0.5, 0.6) is 0 Å². The van der Waals surface area contributed by atoms with E-state index in [1.165, 1.54) is 38.4 Å². The van der Waals surface area contributed by atoms with Crippen molar-refractivity contribution in [2.45, 2.75) is 51.2 Å². The summed E-state index contributed by atoms with van der Waals surface area (Å²) in [6, 6.07) is 1.67. The van der Waals surface area contributed by atoms with Gasteiger partial charge in [-0.3, -0.25) is 4.79 Å². The second-order valence-corrected chi connectivity index (χ2v) is 5.25. The summed E-state index contributed by atoms with van der Waals surface area (Å²) in [7, 11) is 0. The smallest absolute Gasteiger partial charge is 0.254 e. The van der Waals surface area contributed by atoms with E-state index >= 15 is 0 Å². The third-order valence-corrected chi connectivity index (χ3v) is 3.63. The molecule has 5 nitrogen and oxygen atoms in total. The second kappa shape index (κ2) is 8.07. The maximum Gasteiger partial charge on any atom is 0.254 e. The van der Waals surface area contributed by atoms with Crippen molar-refractivity contribution in [3.63, 3.8) is 0 Å². The molecule has 0 spiro atoms. The van der Waals surface area contributed by atoms with Crippen molar-refractivity contribution in [3.8, 4) is 0 Å². The number of hydrogen-bond acceptors (Lipinski definition) is 4. The second-order valence-electron chi connectivity index (χ2n) is 5.25. The lowest BCUT2D eigenvalue weighted by Crippen LogP contribution is -2.26. The number of furan rings is 1. The number of nitrogens with one attached hydrogen (secondary N) is 1. The fourth-order valence-corrected chi connectivity index (χ4v) is 2.46. The molecule has 0 radical (unpaired) electrons. The molecule has 0 atom stereocenters. The summed E-state index contributed by atoms with van der Waals surface area (Å²) in [5.41, 5.74) is 5.96. The van der Waals surface area contributed by atoms with E-state index < -0.39 is 0 Å². The van der Waals surface area contributed by atoms with Gasteiger partial charge in [0.25, 0.3) is 5.91 Å². The molecule has 1 heterocycles. The number of ether oxygens (including phenoxy) is 1. The van der Waals surface area contributed by atoms with Crippen LogP contribution in [-0.2, 0) is 11.3 Å². The first-order chi connectivity index (χ1) is 9.79. The third-order valence-electron chi connectivity index (χ3n) is 3.63. The van der Waals surface area contributed by atoms with Crippen LogP contribution in [-0.4, -0.2) is 25.2 Å². The maximum atomic E-state index is 11.8. The number of carbonyl (C=O) groups is 1. The van der Waals surface area contributed by atoms with Gasteiger partial charge in [-0.15, -0.1) is 0 Å². The van der Waals surface area contributed by atoms with Gasteiger partial charge in [0.15, 0.2) is 0 Å². The van der Waals surface area contributed by atoms with Crippen molar-refractivity contribution in [1.82, 2.24) is 5.32 Å². The van der Waals surface area contributed by atoms with E-state index in [1.807, 2.05) is 0 Å². The van der Waals surface area contributed by atoms with Gasteiger partial charge in [0.2, 0.25) is 0 Å². The van der Waals surface area contributed by atoms with Crippen molar-refractivity contribution >= 4 is 5.91 Å². The summed E-state index contributed by atoms with van der Waals surface area (Å²) < 4.78 is 10.9. The highest BCUT2D eigenvalue weighted by Gasteiger charge is 2.13. The predicted molar refractivity (Wildman–Crippen MR) is 76.4 cm³/mol. The minimum absolute atomic E-state index is 0.119. The molecule has 0 bridgehead atoms. The molecule has 0 unspecified atom stereocenters. The molecule has 1 fully saturated rings. The molecule has 5 heteroatoms. The Morgan fingerprint density at radius 3 is 2.90 bits per heavy atom. The average Bonchev–Trinajstić information content (AvgIpc) is 2.97. The summed E-state index contributed by atoms with van der Waals surface area (Å²) in [4.78, 5) is 11.8. The highest BCUT2D eigenvalue weighted by atomic mass is 16.5. The molecule has 1 saturated carbocycles.